The Labute approximate surface area is 119 Å². The summed E-state index contributed by atoms with van der Waals surface area (Å²) in [5, 5.41) is 2.07. The molecule has 0 aliphatic heterocycles. The van der Waals surface area contributed by atoms with E-state index in [9.17, 15) is 22.0 Å². The number of H-pyrrole nitrogens is 1. The first-order valence-electron chi connectivity index (χ1n) is 5.92. The topological polar surface area (TPSA) is 92.2 Å². The molecular formula is C12H12F2N2O4S. The highest BCUT2D eigenvalue weighted by Gasteiger charge is 2.19. The van der Waals surface area contributed by atoms with Gasteiger partial charge in [-0.25, -0.2) is 21.9 Å². The highest BCUT2D eigenvalue weighted by molar-refractivity contribution is 7.70. The van der Waals surface area contributed by atoms with Gasteiger partial charge in [-0.3, -0.25) is 4.79 Å². The summed E-state index contributed by atoms with van der Waals surface area (Å²) in [4.78, 5) is 11.0. The minimum atomic E-state index is -2.89. The van der Waals surface area contributed by atoms with Crippen LogP contribution in [0.15, 0.2) is 27.5 Å². The molecule has 0 radical (unpaired) electrons. The van der Waals surface area contributed by atoms with Crippen molar-refractivity contribution in [3.05, 3.63) is 57.1 Å². The third kappa shape index (κ3) is 3.56. The Morgan fingerprint density at radius 2 is 2.00 bits per heavy atom. The first kappa shape index (κ1) is 15.4. The normalized spacial score (nSPS) is 12.8. The van der Waals surface area contributed by atoms with Gasteiger partial charge < -0.3 is 4.52 Å². The Bertz CT molecular complexity index is 774. The summed E-state index contributed by atoms with van der Waals surface area (Å²) in [6.07, 6.45) is 0. The summed E-state index contributed by atoms with van der Waals surface area (Å²) in [7, 11) is -2.89. The van der Waals surface area contributed by atoms with E-state index in [0.717, 1.165) is 18.2 Å². The number of benzene rings is 1. The average Bonchev–Trinajstić information content (AvgIpc) is 2.85. The Kier molecular flexibility index (Phi) is 4.53. The van der Waals surface area contributed by atoms with Crippen LogP contribution in [0, 0.1) is 11.6 Å². The van der Waals surface area contributed by atoms with E-state index in [2.05, 4.69) is 5.16 Å². The fraction of sp³-hybridized carbons (Fsp3) is 0.250. The van der Waals surface area contributed by atoms with Crippen molar-refractivity contribution < 1.29 is 21.7 Å². The van der Waals surface area contributed by atoms with Crippen molar-refractivity contribution >= 4 is 10.9 Å². The van der Waals surface area contributed by atoms with E-state index >= 15 is 0 Å². The van der Waals surface area contributed by atoms with E-state index in [-0.39, 0.29) is 23.4 Å². The molecule has 6 nitrogen and oxygen atoms in total. The van der Waals surface area contributed by atoms with Gasteiger partial charge in [-0.05, 0) is 12.1 Å². The molecule has 1 heterocycles. The molecule has 1 aromatic heterocycles. The zero-order valence-corrected chi connectivity index (χ0v) is 11.7. The van der Waals surface area contributed by atoms with E-state index in [0.29, 0.717) is 0 Å². The van der Waals surface area contributed by atoms with E-state index in [1.807, 2.05) is 4.72 Å². The maximum atomic E-state index is 14.0. The van der Waals surface area contributed by atoms with Crippen molar-refractivity contribution in [2.24, 2.45) is 0 Å². The third-order valence-electron chi connectivity index (χ3n) is 3.00. The lowest BCUT2D eigenvalue weighted by molar-refractivity contribution is 0.369. The lowest BCUT2D eigenvalue weighted by Gasteiger charge is -2.12. The van der Waals surface area contributed by atoms with Crippen LogP contribution >= 0.6 is 0 Å². The van der Waals surface area contributed by atoms with Gasteiger partial charge in [0.1, 0.15) is 17.4 Å². The van der Waals surface area contributed by atoms with Crippen molar-refractivity contribution in [2.75, 3.05) is 0 Å². The number of halogens is 2. The Morgan fingerprint density at radius 1 is 1.29 bits per heavy atom. The fourth-order valence-electron chi connectivity index (χ4n) is 1.88. The quantitative estimate of drug-likeness (QED) is 0.718. The van der Waals surface area contributed by atoms with Gasteiger partial charge in [0.05, 0.1) is 0 Å². The van der Waals surface area contributed by atoms with Crippen molar-refractivity contribution in [1.82, 2.24) is 9.88 Å². The number of rotatable bonds is 5. The maximum Gasteiger partial charge on any atom is 0.280 e. The molecule has 0 saturated carbocycles. The van der Waals surface area contributed by atoms with Crippen LogP contribution in [0.2, 0.25) is 0 Å². The van der Waals surface area contributed by atoms with Gasteiger partial charge in [-0.2, -0.15) is 5.16 Å². The largest absolute Gasteiger partial charge is 0.383 e. The predicted octanol–water partition coefficient (Wildman–Crippen LogP) is 1.01. The molecule has 2 N–H and O–H groups in total. The minimum absolute atomic E-state index is 0.00510. The second-order valence-electron chi connectivity index (χ2n) is 4.39. The van der Waals surface area contributed by atoms with Gasteiger partial charge >= 0.3 is 0 Å². The van der Waals surface area contributed by atoms with Crippen molar-refractivity contribution in [2.45, 2.75) is 19.4 Å². The molecule has 0 bridgehead atoms. The van der Waals surface area contributed by atoms with E-state index < -0.39 is 34.0 Å². The monoisotopic (exact) mass is 318 g/mol. The number of aromatic nitrogens is 1. The second kappa shape index (κ2) is 6.19. The molecule has 0 spiro atoms. The Morgan fingerprint density at radius 3 is 2.57 bits per heavy atom. The molecule has 9 heteroatoms. The molecular weight excluding hydrogens is 306 g/mol. The first-order chi connectivity index (χ1) is 9.88. The first-order valence-corrected chi connectivity index (χ1v) is 7.10. The number of hydrogen-bond acceptors (Lipinski definition) is 4. The predicted molar refractivity (Wildman–Crippen MR) is 70.4 cm³/mol. The van der Waals surface area contributed by atoms with Gasteiger partial charge in [0, 0.05) is 29.7 Å². The number of nitrogens with one attached hydrogen (secondary N) is 2. The molecule has 0 aliphatic rings. The van der Waals surface area contributed by atoms with Crippen LogP contribution in [0.3, 0.4) is 0 Å². The SMILES string of the molecule is CC(c1cc(=O)[nH]o1)c1cc(F)c(CN[SH](=O)=O)cc1F. The van der Waals surface area contributed by atoms with Crippen LogP contribution in [0.1, 0.15) is 29.7 Å². The molecule has 0 aliphatic carbocycles. The summed E-state index contributed by atoms with van der Waals surface area (Å²) in [6.45, 7) is 1.21. The third-order valence-corrected chi connectivity index (χ3v) is 3.42. The fourth-order valence-corrected chi connectivity index (χ4v) is 2.18. The molecule has 114 valence electrons. The van der Waals surface area contributed by atoms with Crippen molar-refractivity contribution in [3.63, 3.8) is 0 Å². The molecule has 0 saturated heterocycles. The van der Waals surface area contributed by atoms with Crippen LogP contribution in [0.4, 0.5) is 8.78 Å². The van der Waals surface area contributed by atoms with Crippen LogP contribution in [-0.4, -0.2) is 13.6 Å². The standard InChI is InChI=1S/C12H12F2N2O4S/c1-6(11-4-12(17)16-20-11)8-3-9(13)7(2-10(8)14)5-15-21(18)19/h2-4,6,21H,5H2,1H3,(H,16,17)(H,15,18,19). The molecule has 0 fully saturated rings. The Hall–Kier alpha value is -2.00. The van der Waals surface area contributed by atoms with Gasteiger partial charge in [-0.1, -0.05) is 6.92 Å². The van der Waals surface area contributed by atoms with Crippen molar-refractivity contribution in [3.8, 4) is 0 Å². The maximum absolute atomic E-state index is 14.0. The van der Waals surface area contributed by atoms with Gasteiger partial charge in [0.15, 0.2) is 0 Å². The molecule has 2 aromatic rings. The molecule has 2 rings (SSSR count). The van der Waals surface area contributed by atoms with Crippen LogP contribution in [0.5, 0.6) is 0 Å². The molecule has 1 unspecified atom stereocenters. The number of aromatic amines is 1. The number of hydrogen-bond donors (Lipinski definition) is 3. The zero-order chi connectivity index (χ0) is 15.6. The van der Waals surface area contributed by atoms with E-state index in [1.165, 1.54) is 0 Å². The zero-order valence-electron chi connectivity index (χ0n) is 10.9. The summed E-state index contributed by atoms with van der Waals surface area (Å²) >= 11 is 0. The molecule has 0 amide bonds. The van der Waals surface area contributed by atoms with Crippen molar-refractivity contribution in [1.29, 1.82) is 0 Å². The van der Waals surface area contributed by atoms with Gasteiger partial charge in [0.25, 0.3) is 5.56 Å². The van der Waals surface area contributed by atoms with Crippen LogP contribution < -0.4 is 10.3 Å². The summed E-state index contributed by atoms with van der Waals surface area (Å²) in [5.41, 5.74) is -0.582. The molecule has 1 atom stereocenters. The summed E-state index contributed by atoms with van der Waals surface area (Å²) < 4.78 is 55.5. The highest BCUT2D eigenvalue weighted by Crippen LogP contribution is 2.27. The lowest BCUT2D eigenvalue weighted by Crippen LogP contribution is -2.13. The van der Waals surface area contributed by atoms with Gasteiger partial charge in [0.2, 0.25) is 10.9 Å². The minimum Gasteiger partial charge on any atom is -0.383 e. The average molecular weight is 318 g/mol. The number of thiol groups is 1. The Balaban J connectivity index is 2.33. The molecule has 1 aromatic carbocycles. The van der Waals surface area contributed by atoms with E-state index in [1.54, 1.807) is 6.92 Å². The summed E-state index contributed by atoms with van der Waals surface area (Å²) in [5.74, 6) is -1.96. The highest BCUT2D eigenvalue weighted by atomic mass is 32.2. The smallest absolute Gasteiger partial charge is 0.280 e. The molecule has 21 heavy (non-hydrogen) atoms. The van der Waals surface area contributed by atoms with Crippen LogP contribution in [-0.2, 0) is 17.4 Å². The van der Waals surface area contributed by atoms with E-state index in [4.69, 9.17) is 4.52 Å². The van der Waals surface area contributed by atoms with Gasteiger partial charge in [-0.15, -0.1) is 0 Å². The van der Waals surface area contributed by atoms with Crippen LogP contribution in [0.25, 0.3) is 0 Å². The summed E-state index contributed by atoms with van der Waals surface area (Å²) in [6, 6.07) is 3.03. The second-order valence-corrected chi connectivity index (χ2v) is 5.22. The lowest BCUT2D eigenvalue weighted by atomic mass is 9.96.